The molecule has 0 bridgehead atoms. The number of hydrogen-bond donors (Lipinski definition) is 1. The van der Waals surface area contributed by atoms with Gasteiger partial charge in [-0.15, -0.1) is 0 Å². The Bertz CT molecular complexity index is 492. The largest absolute Gasteiger partial charge is 0.330 e. The molecule has 2 aromatic rings. The van der Waals surface area contributed by atoms with Crippen molar-refractivity contribution in [1.82, 2.24) is 9.78 Å². The molecular weight excluding hydrogens is 234 g/mol. The van der Waals surface area contributed by atoms with Crippen molar-refractivity contribution in [2.24, 2.45) is 11.7 Å². The van der Waals surface area contributed by atoms with Crippen LogP contribution < -0.4 is 5.73 Å². The van der Waals surface area contributed by atoms with Crippen LogP contribution in [0.15, 0.2) is 48.8 Å². The molecular formula is C16H21N3. The van der Waals surface area contributed by atoms with Gasteiger partial charge >= 0.3 is 0 Å². The number of nitrogens with two attached hydrogens (primary N) is 1. The Balaban J connectivity index is 1.81. The van der Waals surface area contributed by atoms with Gasteiger partial charge in [-0.1, -0.05) is 30.3 Å². The standard InChI is InChI=1S/C16H21N3/c17-12-15-8-7-14(13-5-2-1-3-6-13)11-16(15)19-10-4-9-18-19/h1-6,9-10,14-16H,7-8,11-12,17H2. The number of rotatable bonds is 3. The Kier molecular flexibility index (Phi) is 3.65. The van der Waals surface area contributed by atoms with E-state index in [0.717, 1.165) is 13.0 Å². The molecule has 0 aliphatic heterocycles. The van der Waals surface area contributed by atoms with Crippen LogP contribution in [0.2, 0.25) is 0 Å². The lowest BCUT2D eigenvalue weighted by molar-refractivity contribution is 0.208. The maximum Gasteiger partial charge on any atom is 0.0565 e. The van der Waals surface area contributed by atoms with Crippen molar-refractivity contribution < 1.29 is 0 Å². The molecule has 1 aliphatic rings. The molecule has 3 atom stereocenters. The van der Waals surface area contributed by atoms with Crippen LogP contribution in [0, 0.1) is 5.92 Å². The lowest BCUT2D eigenvalue weighted by Gasteiger charge is -2.36. The molecule has 3 heteroatoms. The lowest BCUT2D eigenvalue weighted by atomic mass is 9.75. The summed E-state index contributed by atoms with van der Waals surface area (Å²) < 4.78 is 2.10. The minimum absolute atomic E-state index is 0.443. The Morgan fingerprint density at radius 1 is 1.16 bits per heavy atom. The van der Waals surface area contributed by atoms with E-state index < -0.39 is 0 Å². The van der Waals surface area contributed by atoms with Gasteiger partial charge in [0.1, 0.15) is 0 Å². The average molecular weight is 255 g/mol. The Morgan fingerprint density at radius 2 is 2.00 bits per heavy atom. The molecule has 100 valence electrons. The minimum Gasteiger partial charge on any atom is -0.330 e. The summed E-state index contributed by atoms with van der Waals surface area (Å²) in [5.74, 6) is 1.19. The van der Waals surface area contributed by atoms with E-state index in [9.17, 15) is 0 Å². The van der Waals surface area contributed by atoms with Crippen LogP contribution in [0.3, 0.4) is 0 Å². The molecule has 1 saturated carbocycles. The van der Waals surface area contributed by atoms with Crippen LogP contribution in [0.5, 0.6) is 0 Å². The molecule has 19 heavy (non-hydrogen) atoms. The highest BCUT2D eigenvalue weighted by molar-refractivity contribution is 5.20. The SMILES string of the molecule is NCC1CCC(c2ccccc2)CC1n1cccn1. The number of aromatic nitrogens is 2. The zero-order valence-corrected chi connectivity index (χ0v) is 11.2. The lowest BCUT2D eigenvalue weighted by Crippen LogP contribution is -2.32. The fourth-order valence-corrected chi connectivity index (χ4v) is 3.31. The van der Waals surface area contributed by atoms with Gasteiger partial charge in [0.2, 0.25) is 0 Å². The Morgan fingerprint density at radius 3 is 2.68 bits per heavy atom. The molecule has 1 fully saturated rings. The van der Waals surface area contributed by atoms with E-state index in [1.807, 2.05) is 12.3 Å². The normalized spacial score (nSPS) is 27.3. The molecule has 0 radical (unpaired) electrons. The predicted octanol–water partition coefficient (Wildman–Crippen LogP) is 2.97. The smallest absolute Gasteiger partial charge is 0.0565 e. The average Bonchev–Trinajstić information content (AvgIpc) is 3.01. The summed E-state index contributed by atoms with van der Waals surface area (Å²) in [5, 5.41) is 4.43. The van der Waals surface area contributed by atoms with Gasteiger partial charge in [-0.3, -0.25) is 4.68 Å². The van der Waals surface area contributed by atoms with Crippen LogP contribution in [-0.4, -0.2) is 16.3 Å². The van der Waals surface area contributed by atoms with Gasteiger partial charge in [0, 0.05) is 12.4 Å². The van der Waals surface area contributed by atoms with Gasteiger partial charge in [0.05, 0.1) is 6.04 Å². The van der Waals surface area contributed by atoms with Crippen molar-refractivity contribution in [3.63, 3.8) is 0 Å². The van der Waals surface area contributed by atoms with E-state index in [4.69, 9.17) is 5.73 Å². The third-order valence-electron chi connectivity index (χ3n) is 4.39. The molecule has 0 amide bonds. The topological polar surface area (TPSA) is 43.8 Å². The number of nitrogens with zero attached hydrogens (tertiary/aromatic N) is 2. The second kappa shape index (κ2) is 5.57. The van der Waals surface area contributed by atoms with Crippen molar-refractivity contribution in [3.05, 3.63) is 54.4 Å². The molecule has 0 saturated heterocycles. The highest BCUT2D eigenvalue weighted by atomic mass is 15.3. The second-order valence-corrected chi connectivity index (χ2v) is 5.47. The maximum absolute atomic E-state index is 5.94. The van der Waals surface area contributed by atoms with Gasteiger partial charge < -0.3 is 5.73 Å². The summed E-state index contributed by atoms with van der Waals surface area (Å²) >= 11 is 0. The summed E-state index contributed by atoms with van der Waals surface area (Å²) in [5.41, 5.74) is 7.40. The summed E-state index contributed by atoms with van der Waals surface area (Å²) in [6.07, 6.45) is 7.51. The van der Waals surface area contributed by atoms with Crippen molar-refractivity contribution in [3.8, 4) is 0 Å². The van der Waals surface area contributed by atoms with Gasteiger partial charge in [-0.2, -0.15) is 5.10 Å². The molecule has 1 aliphatic carbocycles. The molecule has 1 aromatic carbocycles. The summed E-state index contributed by atoms with van der Waals surface area (Å²) in [6.45, 7) is 0.756. The molecule has 3 unspecified atom stereocenters. The Hall–Kier alpha value is -1.61. The monoisotopic (exact) mass is 255 g/mol. The van der Waals surface area contributed by atoms with Crippen LogP contribution in [0.4, 0.5) is 0 Å². The van der Waals surface area contributed by atoms with Crippen molar-refractivity contribution in [1.29, 1.82) is 0 Å². The highest BCUT2D eigenvalue weighted by Crippen LogP contribution is 2.41. The predicted molar refractivity (Wildman–Crippen MR) is 76.8 cm³/mol. The summed E-state index contributed by atoms with van der Waals surface area (Å²) in [7, 11) is 0. The molecule has 1 heterocycles. The Labute approximate surface area is 114 Å². The quantitative estimate of drug-likeness (QED) is 0.916. The molecule has 1 aromatic heterocycles. The van der Waals surface area contributed by atoms with Crippen LogP contribution in [-0.2, 0) is 0 Å². The molecule has 3 nitrogen and oxygen atoms in total. The van der Waals surface area contributed by atoms with Gasteiger partial charge in [-0.25, -0.2) is 0 Å². The molecule has 2 N–H and O–H groups in total. The summed E-state index contributed by atoms with van der Waals surface area (Å²) in [6, 6.07) is 13.3. The number of hydrogen-bond acceptors (Lipinski definition) is 2. The van der Waals surface area contributed by atoms with E-state index in [1.54, 1.807) is 0 Å². The van der Waals surface area contributed by atoms with Crippen LogP contribution in [0.1, 0.15) is 36.8 Å². The van der Waals surface area contributed by atoms with Gasteiger partial charge in [0.15, 0.2) is 0 Å². The maximum atomic E-state index is 5.94. The van der Waals surface area contributed by atoms with Crippen LogP contribution in [0.25, 0.3) is 0 Å². The first-order chi connectivity index (χ1) is 9.38. The summed E-state index contributed by atoms with van der Waals surface area (Å²) in [4.78, 5) is 0. The van der Waals surface area contributed by atoms with E-state index >= 15 is 0 Å². The number of benzene rings is 1. The third kappa shape index (κ3) is 2.56. The zero-order chi connectivity index (χ0) is 13.1. The fraction of sp³-hybridized carbons (Fsp3) is 0.438. The van der Waals surface area contributed by atoms with E-state index in [-0.39, 0.29) is 0 Å². The van der Waals surface area contributed by atoms with Crippen molar-refractivity contribution >= 4 is 0 Å². The zero-order valence-electron chi connectivity index (χ0n) is 11.2. The van der Waals surface area contributed by atoms with Crippen LogP contribution >= 0.6 is 0 Å². The van der Waals surface area contributed by atoms with E-state index in [1.165, 1.54) is 18.4 Å². The molecule has 3 rings (SSSR count). The van der Waals surface area contributed by atoms with Crippen molar-refractivity contribution in [2.45, 2.75) is 31.2 Å². The first kappa shape index (κ1) is 12.4. The van der Waals surface area contributed by atoms with Gasteiger partial charge in [-0.05, 0) is 49.3 Å². The fourth-order valence-electron chi connectivity index (χ4n) is 3.31. The van der Waals surface area contributed by atoms with Crippen molar-refractivity contribution in [2.75, 3.05) is 6.54 Å². The molecule has 0 spiro atoms. The minimum atomic E-state index is 0.443. The highest BCUT2D eigenvalue weighted by Gasteiger charge is 2.31. The first-order valence-electron chi connectivity index (χ1n) is 7.12. The van der Waals surface area contributed by atoms with E-state index in [0.29, 0.717) is 17.9 Å². The third-order valence-corrected chi connectivity index (χ3v) is 4.39. The van der Waals surface area contributed by atoms with Gasteiger partial charge in [0.25, 0.3) is 0 Å². The second-order valence-electron chi connectivity index (χ2n) is 5.47. The first-order valence-corrected chi connectivity index (χ1v) is 7.12. The van der Waals surface area contributed by atoms with E-state index in [2.05, 4.69) is 46.3 Å².